The molecule has 0 aromatic carbocycles. The molecule has 1 aliphatic heterocycles. The van der Waals surface area contributed by atoms with E-state index in [1.54, 1.807) is 18.4 Å². The zero-order valence-corrected chi connectivity index (χ0v) is 11.0. The van der Waals surface area contributed by atoms with Crippen molar-refractivity contribution in [3.8, 4) is 11.3 Å². The van der Waals surface area contributed by atoms with Crippen molar-refractivity contribution < 1.29 is 4.74 Å². The summed E-state index contributed by atoms with van der Waals surface area (Å²) in [5, 5.41) is 7.80. The minimum Gasteiger partial charge on any atom is -0.383 e. The van der Waals surface area contributed by atoms with Crippen molar-refractivity contribution in [2.75, 3.05) is 37.4 Å². The number of anilines is 2. The van der Waals surface area contributed by atoms with Crippen molar-refractivity contribution in [2.24, 2.45) is 0 Å². The molecule has 1 aliphatic rings. The van der Waals surface area contributed by atoms with Crippen molar-refractivity contribution in [1.29, 1.82) is 0 Å². The number of nitrogens with one attached hydrogen (secondary N) is 1. The van der Waals surface area contributed by atoms with Crippen molar-refractivity contribution in [1.82, 2.24) is 15.2 Å². The maximum Gasteiger partial charge on any atom is 0.180 e. The van der Waals surface area contributed by atoms with Crippen LogP contribution in [0.4, 0.5) is 10.9 Å². The van der Waals surface area contributed by atoms with E-state index in [1.807, 2.05) is 6.20 Å². The highest BCUT2D eigenvalue weighted by molar-refractivity contribution is 7.15. The zero-order chi connectivity index (χ0) is 12.5. The first-order chi connectivity index (χ1) is 8.79. The van der Waals surface area contributed by atoms with Gasteiger partial charge < -0.3 is 15.4 Å². The van der Waals surface area contributed by atoms with Crippen molar-refractivity contribution >= 4 is 22.3 Å². The molecular weight excluding hydrogens is 250 g/mol. The number of fused-ring (bicyclic) bond motifs is 3. The molecule has 0 atom stereocenters. The summed E-state index contributed by atoms with van der Waals surface area (Å²) >= 11 is 1.56. The monoisotopic (exact) mass is 265 g/mol. The molecule has 0 saturated carbocycles. The lowest BCUT2D eigenvalue weighted by molar-refractivity contribution is 0.205. The Morgan fingerprint density at radius 1 is 1.61 bits per heavy atom. The van der Waals surface area contributed by atoms with Gasteiger partial charge in [0.25, 0.3) is 0 Å². The molecule has 2 aromatic heterocycles. The Kier molecular flexibility index (Phi) is 2.92. The molecule has 0 radical (unpaired) electrons. The molecule has 7 heteroatoms. The van der Waals surface area contributed by atoms with Gasteiger partial charge in [0, 0.05) is 31.5 Å². The van der Waals surface area contributed by atoms with Gasteiger partial charge in [-0.15, -0.1) is 11.3 Å². The molecule has 0 spiro atoms. The Hall–Kier alpha value is -1.60. The minimum atomic E-state index is 0.623. The molecule has 0 amide bonds. The van der Waals surface area contributed by atoms with Gasteiger partial charge in [0.1, 0.15) is 5.82 Å². The van der Waals surface area contributed by atoms with Crippen LogP contribution in [0.2, 0.25) is 0 Å². The van der Waals surface area contributed by atoms with Gasteiger partial charge in [-0.25, -0.2) is 4.98 Å². The van der Waals surface area contributed by atoms with E-state index >= 15 is 0 Å². The Labute approximate surface area is 109 Å². The van der Waals surface area contributed by atoms with Crippen LogP contribution >= 0.6 is 11.3 Å². The summed E-state index contributed by atoms with van der Waals surface area (Å²) in [5.74, 6) is 1.01. The standard InChI is InChI=1S/C11H15N5OS/c1-17-5-4-16-3-2-8-9(14-11(12)18-8)7-6-13-15-10(7)16/h6H,2-5H2,1H3,(H2,12,14)(H,13,15). The van der Waals surface area contributed by atoms with Crippen LogP contribution in [0.5, 0.6) is 0 Å². The number of aromatic amines is 1. The van der Waals surface area contributed by atoms with E-state index in [0.717, 1.165) is 36.6 Å². The normalized spacial score (nSPS) is 14.2. The first kappa shape index (κ1) is 11.5. The SMILES string of the molecule is COCCN1CCc2sc(N)nc2-c2cn[nH]c21. The average molecular weight is 265 g/mol. The number of H-pyrrole nitrogens is 1. The summed E-state index contributed by atoms with van der Waals surface area (Å²) < 4.78 is 5.15. The maximum absolute atomic E-state index is 5.79. The number of aromatic nitrogens is 3. The molecule has 3 heterocycles. The fraction of sp³-hybridized carbons (Fsp3) is 0.455. The van der Waals surface area contributed by atoms with Crippen LogP contribution in [-0.2, 0) is 11.2 Å². The fourth-order valence-electron chi connectivity index (χ4n) is 2.22. The van der Waals surface area contributed by atoms with Crippen molar-refractivity contribution in [3.63, 3.8) is 0 Å². The summed E-state index contributed by atoms with van der Waals surface area (Å²) in [5.41, 5.74) is 7.80. The first-order valence-corrected chi connectivity index (χ1v) is 6.64. The lowest BCUT2D eigenvalue weighted by Gasteiger charge is -2.21. The number of nitrogens with zero attached hydrogens (tertiary/aromatic N) is 3. The molecule has 3 N–H and O–H groups in total. The van der Waals surface area contributed by atoms with Crippen LogP contribution in [0.3, 0.4) is 0 Å². The molecule has 0 unspecified atom stereocenters. The first-order valence-electron chi connectivity index (χ1n) is 5.82. The van der Waals surface area contributed by atoms with Gasteiger partial charge in [0.15, 0.2) is 5.13 Å². The van der Waals surface area contributed by atoms with Gasteiger partial charge in [0.05, 0.1) is 24.1 Å². The highest BCUT2D eigenvalue weighted by atomic mass is 32.1. The number of ether oxygens (including phenoxy) is 1. The minimum absolute atomic E-state index is 0.623. The Balaban J connectivity index is 2.00. The highest BCUT2D eigenvalue weighted by Gasteiger charge is 2.24. The van der Waals surface area contributed by atoms with Crippen molar-refractivity contribution in [3.05, 3.63) is 11.1 Å². The molecule has 0 fully saturated rings. The highest BCUT2D eigenvalue weighted by Crippen LogP contribution is 2.37. The molecule has 0 saturated heterocycles. The van der Waals surface area contributed by atoms with Gasteiger partial charge in [0.2, 0.25) is 0 Å². The lowest BCUT2D eigenvalue weighted by Crippen LogP contribution is -2.29. The average Bonchev–Trinajstić information content (AvgIpc) is 2.93. The lowest BCUT2D eigenvalue weighted by atomic mass is 10.2. The molecule has 0 bridgehead atoms. The van der Waals surface area contributed by atoms with E-state index in [2.05, 4.69) is 20.1 Å². The Morgan fingerprint density at radius 2 is 2.50 bits per heavy atom. The molecule has 6 nitrogen and oxygen atoms in total. The number of thiazole rings is 1. The van der Waals surface area contributed by atoms with E-state index in [4.69, 9.17) is 10.5 Å². The second kappa shape index (κ2) is 4.58. The van der Waals surface area contributed by atoms with Gasteiger partial charge in [-0.1, -0.05) is 0 Å². The summed E-state index contributed by atoms with van der Waals surface area (Å²) in [4.78, 5) is 7.90. The van der Waals surface area contributed by atoms with E-state index < -0.39 is 0 Å². The predicted octanol–water partition coefficient (Wildman–Crippen LogP) is 1.12. The number of methoxy groups -OCH3 is 1. The van der Waals surface area contributed by atoms with Crippen LogP contribution in [0.15, 0.2) is 6.20 Å². The summed E-state index contributed by atoms with van der Waals surface area (Å²) in [7, 11) is 1.71. The fourth-order valence-corrected chi connectivity index (χ4v) is 3.05. The molecule has 0 aliphatic carbocycles. The predicted molar refractivity (Wildman–Crippen MR) is 71.9 cm³/mol. The summed E-state index contributed by atoms with van der Waals surface area (Å²) in [6.45, 7) is 2.46. The Bertz CT molecular complexity index is 549. The summed E-state index contributed by atoms with van der Waals surface area (Å²) in [6.07, 6.45) is 2.77. The van der Waals surface area contributed by atoms with Crippen LogP contribution in [0.1, 0.15) is 4.88 Å². The van der Waals surface area contributed by atoms with Gasteiger partial charge in [-0.05, 0) is 0 Å². The van der Waals surface area contributed by atoms with Crippen LogP contribution < -0.4 is 10.6 Å². The van der Waals surface area contributed by atoms with E-state index in [0.29, 0.717) is 11.7 Å². The summed E-state index contributed by atoms with van der Waals surface area (Å²) in [6, 6.07) is 0. The third-order valence-electron chi connectivity index (χ3n) is 3.08. The zero-order valence-electron chi connectivity index (χ0n) is 10.1. The quantitative estimate of drug-likeness (QED) is 0.869. The molecule has 2 aromatic rings. The maximum atomic E-state index is 5.79. The number of hydrogen-bond acceptors (Lipinski definition) is 6. The number of rotatable bonds is 3. The number of nitrogens with two attached hydrogens (primary N) is 1. The van der Waals surface area contributed by atoms with E-state index in [9.17, 15) is 0 Å². The third kappa shape index (κ3) is 1.85. The molecule has 96 valence electrons. The second-order valence-electron chi connectivity index (χ2n) is 4.19. The van der Waals surface area contributed by atoms with Crippen LogP contribution in [0.25, 0.3) is 11.3 Å². The molecular formula is C11H15N5OS. The largest absolute Gasteiger partial charge is 0.383 e. The van der Waals surface area contributed by atoms with Gasteiger partial charge >= 0.3 is 0 Å². The number of nitrogen functional groups attached to an aromatic ring is 1. The van der Waals surface area contributed by atoms with Gasteiger partial charge in [-0.3, -0.25) is 5.10 Å². The van der Waals surface area contributed by atoms with E-state index in [-0.39, 0.29) is 0 Å². The topological polar surface area (TPSA) is 80.1 Å². The van der Waals surface area contributed by atoms with Gasteiger partial charge in [-0.2, -0.15) is 5.10 Å². The second-order valence-corrected chi connectivity index (χ2v) is 5.30. The molecule has 18 heavy (non-hydrogen) atoms. The molecule has 3 rings (SSSR count). The van der Waals surface area contributed by atoms with E-state index in [1.165, 1.54) is 4.88 Å². The smallest absolute Gasteiger partial charge is 0.180 e. The van der Waals surface area contributed by atoms with Crippen molar-refractivity contribution in [2.45, 2.75) is 6.42 Å². The Morgan fingerprint density at radius 3 is 3.33 bits per heavy atom. The van der Waals surface area contributed by atoms with Crippen LogP contribution in [-0.4, -0.2) is 42.0 Å². The number of hydrogen-bond donors (Lipinski definition) is 2. The third-order valence-corrected chi connectivity index (χ3v) is 4.02. The van der Waals surface area contributed by atoms with Crippen LogP contribution in [0, 0.1) is 0 Å².